The third-order valence-corrected chi connectivity index (χ3v) is 3.60. The van der Waals surface area contributed by atoms with Crippen LogP contribution in [0.25, 0.3) is 21.9 Å². The Morgan fingerprint density at radius 3 is 2.91 bits per heavy atom. The molecule has 4 aromatic rings. The highest BCUT2D eigenvalue weighted by Crippen LogP contribution is 2.20. The summed E-state index contributed by atoms with van der Waals surface area (Å²) in [6, 6.07) is 14.2. The average molecular weight is 304 g/mol. The standard InChI is InChI=1S/C17H12N4O2/c22-12-5-3-4-11(8-12)9-19-21-10-18-15-13-6-1-2-7-14(13)20-16(15)17(21)23/h1-10,20,22H/b19-9+. The summed E-state index contributed by atoms with van der Waals surface area (Å²) in [5.41, 5.74) is 2.33. The predicted octanol–water partition coefficient (Wildman–Crippen LogP) is 2.47. The number of nitrogens with one attached hydrogen (secondary N) is 1. The van der Waals surface area contributed by atoms with E-state index in [2.05, 4.69) is 15.1 Å². The van der Waals surface area contributed by atoms with E-state index in [1.165, 1.54) is 17.2 Å². The zero-order chi connectivity index (χ0) is 15.8. The molecule has 0 spiro atoms. The number of phenols is 1. The van der Waals surface area contributed by atoms with Crippen LogP contribution in [0.3, 0.4) is 0 Å². The summed E-state index contributed by atoms with van der Waals surface area (Å²) in [7, 11) is 0. The maximum atomic E-state index is 12.5. The molecular weight excluding hydrogens is 292 g/mol. The Kier molecular flexibility index (Phi) is 2.94. The number of aromatic amines is 1. The van der Waals surface area contributed by atoms with E-state index < -0.39 is 0 Å². The fourth-order valence-corrected chi connectivity index (χ4v) is 2.51. The predicted molar refractivity (Wildman–Crippen MR) is 89.0 cm³/mol. The molecule has 2 heterocycles. The van der Waals surface area contributed by atoms with Crippen molar-refractivity contribution in [2.75, 3.05) is 0 Å². The first-order valence-electron chi connectivity index (χ1n) is 7.04. The molecule has 0 radical (unpaired) electrons. The smallest absolute Gasteiger partial charge is 0.298 e. The van der Waals surface area contributed by atoms with Gasteiger partial charge in [-0.25, -0.2) is 4.98 Å². The number of aromatic hydroxyl groups is 1. The summed E-state index contributed by atoms with van der Waals surface area (Å²) in [6.07, 6.45) is 2.89. The molecule has 2 aromatic heterocycles. The van der Waals surface area contributed by atoms with Gasteiger partial charge in [0.2, 0.25) is 0 Å². The van der Waals surface area contributed by atoms with Gasteiger partial charge >= 0.3 is 0 Å². The Morgan fingerprint density at radius 1 is 1.17 bits per heavy atom. The maximum absolute atomic E-state index is 12.5. The van der Waals surface area contributed by atoms with Crippen molar-refractivity contribution in [2.45, 2.75) is 0 Å². The summed E-state index contributed by atoms with van der Waals surface area (Å²) >= 11 is 0. The van der Waals surface area contributed by atoms with E-state index in [9.17, 15) is 9.90 Å². The van der Waals surface area contributed by atoms with Crippen LogP contribution in [-0.2, 0) is 0 Å². The highest BCUT2D eigenvalue weighted by atomic mass is 16.3. The molecule has 23 heavy (non-hydrogen) atoms. The van der Waals surface area contributed by atoms with Gasteiger partial charge in [-0.05, 0) is 23.8 Å². The van der Waals surface area contributed by atoms with Gasteiger partial charge in [0.1, 0.15) is 23.1 Å². The van der Waals surface area contributed by atoms with E-state index in [-0.39, 0.29) is 11.3 Å². The van der Waals surface area contributed by atoms with E-state index in [1.807, 2.05) is 24.3 Å². The SMILES string of the molecule is O=c1c2[nH]c3ccccc3c2ncn1/N=C/c1cccc(O)c1. The van der Waals surface area contributed by atoms with E-state index in [4.69, 9.17) is 0 Å². The minimum absolute atomic E-state index is 0.144. The molecular formula is C17H12N4O2. The van der Waals surface area contributed by atoms with Crippen molar-refractivity contribution in [2.24, 2.45) is 5.10 Å². The molecule has 0 unspecified atom stereocenters. The normalized spacial score (nSPS) is 11.7. The second kappa shape index (κ2) is 5.10. The second-order valence-corrected chi connectivity index (χ2v) is 5.13. The van der Waals surface area contributed by atoms with Gasteiger partial charge in [0.05, 0.1) is 6.21 Å². The first-order valence-corrected chi connectivity index (χ1v) is 7.04. The van der Waals surface area contributed by atoms with Gasteiger partial charge in [-0.15, -0.1) is 0 Å². The van der Waals surface area contributed by atoms with E-state index in [0.29, 0.717) is 16.6 Å². The summed E-state index contributed by atoms with van der Waals surface area (Å²) in [4.78, 5) is 19.9. The lowest BCUT2D eigenvalue weighted by Crippen LogP contribution is -2.17. The number of fused-ring (bicyclic) bond motifs is 3. The lowest BCUT2D eigenvalue weighted by atomic mass is 10.2. The molecule has 2 aromatic carbocycles. The molecule has 0 aliphatic heterocycles. The van der Waals surface area contributed by atoms with Crippen LogP contribution in [0.15, 0.2) is 64.8 Å². The molecule has 0 aliphatic rings. The quantitative estimate of drug-likeness (QED) is 0.558. The Hall–Kier alpha value is -3.41. The number of hydrogen-bond acceptors (Lipinski definition) is 4. The Balaban J connectivity index is 1.83. The van der Waals surface area contributed by atoms with Crippen LogP contribution < -0.4 is 5.56 Å². The van der Waals surface area contributed by atoms with Gasteiger partial charge in [0, 0.05) is 10.9 Å². The van der Waals surface area contributed by atoms with E-state index in [1.54, 1.807) is 24.3 Å². The number of hydrogen-bond donors (Lipinski definition) is 2. The van der Waals surface area contributed by atoms with Crippen molar-refractivity contribution in [1.29, 1.82) is 0 Å². The Bertz CT molecular complexity index is 1110. The Morgan fingerprint density at radius 2 is 2.04 bits per heavy atom. The van der Waals surface area contributed by atoms with Gasteiger partial charge in [-0.2, -0.15) is 9.78 Å². The summed E-state index contributed by atoms with van der Waals surface area (Å²) in [5.74, 6) is 0.144. The number of aromatic nitrogens is 3. The van der Waals surface area contributed by atoms with Gasteiger partial charge in [0.15, 0.2) is 0 Å². The fraction of sp³-hybridized carbons (Fsp3) is 0. The highest BCUT2D eigenvalue weighted by Gasteiger charge is 2.09. The largest absolute Gasteiger partial charge is 0.508 e. The van der Waals surface area contributed by atoms with Gasteiger partial charge in [-0.1, -0.05) is 30.3 Å². The van der Waals surface area contributed by atoms with Gasteiger partial charge in [-0.3, -0.25) is 4.79 Å². The van der Waals surface area contributed by atoms with Crippen molar-refractivity contribution >= 4 is 28.2 Å². The van der Waals surface area contributed by atoms with Crippen molar-refractivity contribution < 1.29 is 5.11 Å². The Labute approximate surface area is 130 Å². The lowest BCUT2D eigenvalue weighted by Gasteiger charge is -1.98. The monoisotopic (exact) mass is 304 g/mol. The molecule has 112 valence electrons. The third kappa shape index (κ3) is 2.26. The highest BCUT2D eigenvalue weighted by molar-refractivity contribution is 6.04. The van der Waals surface area contributed by atoms with E-state index >= 15 is 0 Å². The molecule has 0 saturated heterocycles. The maximum Gasteiger partial charge on any atom is 0.298 e. The second-order valence-electron chi connectivity index (χ2n) is 5.13. The van der Waals surface area contributed by atoms with Crippen molar-refractivity contribution in [3.8, 4) is 5.75 Å². The van der Waals surface area contributed by atoms with Crippen LogP contribution in [0, 0.1) is 0 Å². The minimum Gasteiger partial charge on any atom is -0.508 e. The topological polar surface area (TPSA) is 83.3 Å². The number of nitrogens with zero attached hydrogens (tertiary/aromatic N) is 3. The molecule has 0 atom stereocenters. The number of para-hydroxylation sites is 1. The minimum atomic E-state index is -0.275. The molecule has 0 fully saturated rings. The van der Waals surface area contributed by atoms with Crippen LogP contribution in [-0.4, -0.2) is 26.0 Å². The van der Waals surface area contributed by atoms with E-state index in [0.717, 1.165) is 10.9 Å². The molecule has 0 aliphatic carbocycles. The lowest BCUT2D eigenvalue weighted by molar-refractivity contribution is 0.475. The number of H-pyrrole nitrogens is 1. The number of benzene rings is 2. The van der Waals surface area contributed by atoms with Crippen molar-refractivity contribution in [3.05, 3.63) is 70.8 Å². The third-order valence-electron chi connectivity index (χ3n) is 3.60. The molecule has 6 heteroatoms. The van der Waals surface area contributed by atoms with Crippen LogP contribution in [0.1, 0.15) is 5.56 Å². The van der Waals surface area contributed by atoms with Crippen LogP contribution in [0.2, 0.25) is 0 Å². The zero-order valence-corrected chi connectivity index (χ0v) is 12.0. The number of phenolic OH excluding ortho intramolecular Hbond substituents is 1. The number of rotatable bonds is 2. The first kappa shape index (κ1) is 13.3. The van der Waals surface area contributed by atoms with Crippen LogP contribution in [0.5, 0.6) is 5.75 Å². The summed E-state index contributed by atoms with van der Waals surface area (Å²) < 4.78 is 1.17. The van der Waals surface area contributed by atoms with Gasteiger partial charge < -0.3 is 10.1 Å². The zero-order valence-electron chi connectivity index (χ0n) is 12.0. The van der Waals surface area contributed by atoms with Crippen molar-refractivity contribution in [3.63, 3.8) is 0 Å². The van der Waals surface area contributed by atoms with Crippen LogP contribution in [0.4, 0.5) is 0 Å². The van der Waals surface area contributed by atoms with Gasteiger partial charge in [0.25, 0.3) is 5.56 Å². The first-order chi connectivity index (χ1) is 11.2. The van der Waals surface area contributed by atoms with Crippen molar-refractivity contribution in [1.82, 2.24) is 14.6 Å². The molecule has 0 saturated carbocycles. The average Bonchev–Trinajstić information content (AvgIpc) is 2.94. The fourth-order valence-electron chi connectivity index (χ4n) is 2.51. The molecule has 2 N–H and O–H groups in total. The summed E-state index contributed by atoms with van der Waals surface area (Å²) in [6.45, 7) is 0. The molecule has 4 rings (SSSR count). The molecule has 6 nitrogen and oxygen atoms in total. The molecule has 0 bridgehead atoms. The van der Waals surface area contributed by atoms with Crippen LogP contribution >= 0.6 is 0 Å². The molecule has 0 amide bonds. The summed E-state index contributed by atoms with van der Waals surface area (Å²) in [5, 5.41) is 14.5.